The first-order valence-corrected chi connectivity index (χ1v) is 14.0. The molecule has 0 bridgehead atoms. The van der Waals surface area contributed by atoms with Gasteiger partial charge >= 0.3 is 0 Å². The molecule has 3 heterocycles. The largest absolute Gasteiger partial charge is 0.455 e. The predicted octanol–water partition coefficient (Wildman–Crippen LogP) is 6.94. The van der Waals surface area contributed by atoms with E-state index in [1.807, 2.05) is 61.5 Å². The van der Waals surface area contributed by atoms with E-state index in [4.69, 9.17) is 9.40 Å². The molecule has 1 aliphatic carbocycles. The van der Waals surface area contributed by atoms with E-state index in [2.05, 4.69) is 15.6 Å². The SMILES string of the molecule is CNC(=O)c1c(-c2ccc(F)cc2)oc2ccc(-c3cc(C(=O)NC4(c5ccc6cnccc6n5)CC4)ccc3C)cc12. The molecule has 6 aromatic rings. The molecule has 0 unspecified atom stereocenters. The Kier molecular flexibility index (Phi) is 6.27. The molecule has 8 heteroatoms. The summed E-state index contributed by atoms with van der Waals surface area (Å²) in [6.45, 7) is 1.98. The summed E-state index contributed by atoms with van der Waals surface area (Å²) >= 11 is 0. The van der Waals surface area contributed by atoms with Gasteiger partial charge in [-0.05, 0) is 103 Å². The topological polar surface area (TPSA) is 97.1 Å². The summed E-state index contributed by atoms with van der Waals surface area (Å²) in [5.41, 5.74) is 5.90. The van der Waals surface area contributed by atoms with E-state index >= 15 is 0 Å². The van der Waals surface area contributed by atoms with Gasteiger partial charge in [-0.15, -0.1) is 0 Å². The van der Waals surface area contributed by atoms with Crippen molar-refractivity contribution in [3.8, 4) is 22.5 Å². The third-order valence-corrected chi connectivity index (χ3v) is 8.14. The molecule has 0 radical (unpaired) electrons. The van der Waals surface area contributed by atoms with Crippen molar-refractivity contribution in [2.24, 2.45) is 0 Å². The first-order valence-electron chi connectivity index (χ1n) is 14.0. The summed E-state index contributed by atoms with van der Waals surface area (Å²) < 4.78 is 19.7. The van der Waals surface area contributed by atoms with E-state index in [1.54, 1.807) is 31.6 Å². The van der Waals surface area contributed by atoms with E-state index in [1.165, 1.54) is 12.1 Å². The summed E-state index contributed by atoms with van der Waals surface area (Å²) in [6.07, 6.45) is 5.13. The van der Waals surface area contributed by atoms with Crippen LogP contribution in [0.5, 0.6) is 0 Å². The van der Waals surface area contributed by atoms with Gasteiger partial charge in [0.05, 0.1) is 22.3 Å². The summed E-state index contributed by atoms with van der Waals surface area (Å²) in [7, 11) is 1.56. The normalized spacial score (nSPS) is 13.7. The number of benzene rings is 3. The molecule has 1 fully saturated rings. The number of carbonyl (C=O) groups is 2. The zero-order valence-corrected chi connectivity index (χ0v) is 23.6. The van der Waals surface area contributed by atoms with Gasteiger partial charge in [-0.1, -0.05) is 12.1 Å². The Hall–Kier alpha value is -5.37. The van der Waals surface area contributed by atoms with Crippen LogP contribution in [0.25, 0.3) is 44.3 Å². The van der Waals surface area contributed by atoms with Gasteiger partial charge in [0.25, 0.3) is 11.8 Å². The van der Waals surface area contributed by atoms with E-state index in [9.17, 15) is 14.0 Å². The van der Waals surface area contributed by atoms with Crippen LogP contribution in [0.3, 0.4) is 0 Å². The molecule has 3 aromatic heterocycles. The summed E-state index contributed by atoms with van der Waals surface area (Å²) in [6, 6.07) is 22.9. The van der Waals surface area contributed by atoms with Crippen molar-refractivity contribution in [1.82, 2.24) is 20.6 Å². The van der Waals surface area contributed by atoms with Gasteiger partial charge in [-0.3, -0.25) is 19.6 Å². The second-order valence-electron chi connectivity index (χ2n) is 10.9. The van der Waals surface area contributed by atoms with Gasteiger partial charge in [-0.25, -0.2) is 4.39 Å². The molecule has 0 saturated heterocycles. The Balaban J connectivity index is 1.24. The summed E-state index contributed by atoms with van der Waals surface area (Å²) in [5.74, 6) is -0.496. The Labute approximate surface area is 246 Å². The van der Waals surface area contributed by atoms with Crippen LogP contribution in [0.15, 0.2) is 95.7 Å². The molecule has 2 amide bonds. The van der Waals surface area contributed by atoms with Crippen molar-refractivity contribution >= 4 is 33.7 Å². The quantitative estimate of drug-likeness (QED) is 0.226. The molecule has 7 nitrogen and oxygen atoms in total. The van der Waals surface area contributed by atoms with Crippen LogP contribution < -0.4 is 10.6 Å². The number of nitrogens with zero attached hydrogens (tertiary/aromatic N) is 2. The Bertz CT molecular complexity index is 2060. The highest BCUT2D eigenvalue weighted by atomic mass is 19.1. The van der Waals surface area contributed by atoms with Crippen LogP contribution in [-0.4, -0.2) is 28.8 Å². The maximum absolute atomic E-state index is 13.6. The van der Waals surface area contributed by atoms with Crippen molar-refractivity contribution in [3.63, 3.8) is 0 Å². The van der Waals surface area contributed by atoms with Crippen molar-refractivity contribution < 1.29 is 18.4 Å². The van der Waals surface area contributed by atoms with Gasteiger partial charge in [-0.2, -0.15) is 0 Å². The van der Waals surface area contributed by atoms with Gasteiger partial charge in [0.1, 0.15) is 17.2 Å². The Morgan fingerprint density at radius 3 is 2.47 bits per heavy atom. The Morgan fingerprint density at radius 2 is 1.70 bits per heavy atom. The fourth-order valence-corrected chi connectivity index (χ4v) is 5.59. The average Bonchev–Trinajstić information content (AvgIpc) is 3.72. The second-order valence-corrected chi connectivity index (χ2v) is 10.9. The van der Waals surface area contributed by atoms with Gasteiger partial charge < -0.3 is 15.1 Å². The highest BCUT2D eigenvalue weighted by Crippen LogP contribution is 2.45. The minimum Gasteiger partial charge on any atom is -0.455 e. The van der Waals surface area contributed by atoms with Crippen molar-refractivity contribution in [2.45, 2.75) is 25.3 Å². The molecule has 7 rings (SSSR count). The number of halogens is 1. The minimum atomic E-state index is -0.492. The van der Waals surface area contributed by atoms with Gasteiger partial charge in [0.2, 0.25) is 0 Å². The first kappa shape index (κ1) is 26.5. The number of carbonyl (C=O) groups excluding carboxylic acids is 2. The molecule has 43 heavy (non-hydrogen) atoms. The van der Waals surface area contributed by atoms with Crippen LogP contribution in [0.2, 0.25) is 0 Å². The first-order chi connectivity index (χ1) is 20.8. The monoisotopic (exact) mass is 570 g/mol. The van der Waals surface area contributed by atoms with Crippen molar-refractivity contribution in [1.29, 1.82) is 0 Å². The fraction of sp³-hybridized carbons (Fsp3) is 0.143. The smallest absolute Gasteiger partial charge is 0.255 e. The summed E-state index contributed by atoms with van der Waals surface area (Å²) in [4.78, 5) is 35.6. The molecule has 0 atom stereocenters. The predicted molar refractivity (Wildman–Crippen MR) is 163 cm³/mol. The number of aryl methyl sites for hydroxylation is 1. The van der Waals surface area contributed by atoms with E-state index in [0.29, 0.717) is 33.4 Å². The number of nitrogens with one attached hydrogen (secondary N) is 2. The number of rotatable bonds is 6. The van der Waals surface area contributed by atoms with Crippen molar-refractivity contribution in [3.05, 3.63) is 119 Å². The Morgan fingerprint density at radius 1 is 0.907 bits per heavy atom. The van der Waals surface area contributed by atoms with Crippen LogP contribution >= 0.6 is 0 Å². The lowest BCUT2D eigenvalue weighted by atomic mass is 9.95. The van der Waals surface area contributed by atoms with Crippen molar-refractivity contribution in [2.75, 3.05) is 7.05 Å². The standard InChI is InChI=1S/C35H27FN4O3/c1-20-3-4-23(33(41)40-35(14-15-35)30-12-8-24-19-38-16-13-28(24)39-30)18-26(20)22-7-11-29-27(17-22)31(34(42)37-2)32(43-29)21-5-9-25(36)10-6-21/h3-13,16-19H,14-15H2,1-2H3,(H,37,42)(H,40,41). The number of amides is 2. The second kappa shape index (κ2) is 10.2. The third-order valence-electron chi connectivity index (χ3n) is 8.14. The molecule has 212 valence electrons. The molecule has 2 N–H and O–H groups in total. The van der Waals surface area contributed by atoms with E-state index < -0.39 is 5.54 Å². The molecule has 1 saturated carbocycles. The van der Waals surface area contributed by atoms with E-state index in [-0.39, 0.29) is 17.6 Å². The molecular formula is C35H27FN4O3. The fourth-order valence-electron chi connectivity index (χ4n) is 5.59. The zero-order valence-electron chi connectivity index (χ0n) is 23.6. The molecule has 0 spiro atoms. The van der Waals surface area contributed by atoms with Crippen LogP contribution in [-0.2, 0) is 5.54 Å². The van der Waals surface area contributed by atoms with E-state index in [0.717, 1.165) is 46.1 Å². The van der Waals surface area contributed by atoms with Crippen LogP contribution in [0, 0.1) is 12.7 Å². The highest BCUT2D eigenvalue weighted by molar-refractivity contribution is 6.12. The summed E-state index contributed by atoms with van der Waals surface area (Å²) in [5, 5.41) is 7.51. The van der Waals surface area contributed by atoms with Crippen LogP contribution in [0.4, 0.5) is 4.39 Å². The maximum atomic E-state index is 13.6. The lowest BCUT2D eigenvalue weighted by Gasteiger charge is -2.18. The number of aromatic nitrogens is 2. The molecule has 0 aliphatic heterocycles. The molecular weight excluding hydrogens is 543 g/mol. The zero-order chi connectivity index (χ0) is 29.7. The average molecular weight is 571 g/mol. The number of hydrogen-bond acceptors (Lipinski definition) is 5. The minimum absolute atomic E-state index is 0.176. The maximum Gasteiger partial charge on any atom is 0.255 e. The number of fused-ring (bicyclic) bond motifs is 2. The number of furan rings is 1. The number of hydrogen-bond donors (Lipinski definition) is 2. The highest BCUT2D eigenvalue weighted by Gasteiger charge is 2.47. The van der Waals surface area contributed by atoms with Gasteiger partial charge in [0, 0.05) is 41.3 Å². The van der Waals surface area contributed by atoms with Crippen LogP contribution in [0.1, 0.15) is 44.8 Å². The third kappa shape index (κ3) is 4.70. The lowest BCUT2D eigenvalue weighted by Crippen LogP contribution is -2.35. The lowest BCUT2D eigenvalue weighted by molar-refractivity contribution is 0.0928. The molecule has 3 aromatic carbocycles. The number of pyridine rings is 2. The molecule has 1 aliphatic rings. The van der Waals surface area contributed by atoms with Gasteiger partial charge in [0.15, 0.2) is 0 Å².